The highest BCUT2D eigenvalue weighted by atomic mass is 35.5. The Kier molecular flexibility index (Phi) is 8.01. The third-order valence-corrected chi connectivity index (χ3v) is 6.79. The first-order valence-electron chi connectivity index (χ1n) is 12.4. The molecule has 1 unspecified atom stereocenters. The zero-order chi connectivity index (χ0) is 28.9. The number of fused-ring (bicyclic) bond motifs is 1. The van der Waals surface area contributed by atoms with Gasteiger partial charge in [0.05, 0.1) is 17.8 Å². The number of carbonyl (C=O) groups is 3. The Balaban J connectivity index is 1.42. The van der Waals surface area contributed by atoms with Crippen molar-refractivity contribution in [2.24, 2.45) is 0 Å². The first kappa shape index (κ1) is 27.5. The Morgan fingerprint density at radius 1 is 1.05 bits per heavy atom. The molecule has 41 heavy (non-hydrogen) atoms. The van der Waals surface area contributed by atoms with Crippen molar-refractivity contribution in [3.8, 4) is 5.69 Å². The molecule has 0 radical (unpaired) electrons. The molecule has 2 heterocycles. The van der Waals surface area contributed by atoms with Crippen LogP contribution in [0.25, 0.3) is 11.8 Å². The number of hydrogen-bond donors (Lipinski definition) is 2. The molecule has 1 aliphatic rings. The van der Waals surface area contributed by atoms with E-state index in [0.717, 1.165) is 5.56 Å². The SMILES string of the molecule is COC(=O)Nc1ccc(NC(=O)C2c3ccccc3CCN2C(=O)/C=C/c2c(-n3cnnn3)ccc(Cl)c2F)cc1. The summed E-state index contributed by atoms with van der Waals surface area (Å²) in [6.07, 6.45) is 3.70. The number of tetrazole rings is 1. The summed E-state index contributed by atoms with van der Waals surface area (Å²) in [5, 5.41) is 16.2. The lowest BCUT2D eigenvalue weighted by molar-refractivity contribution is -0.135. The van der Waals surface area contributed by atoms with Crippen molar-refractivity contribution >= 4 is 47.0 Å². The molecular weight excluding hydrogens is 553 g/mol. The first-order chi connectivity index (χ1) is 19.9. The van der Waals surface area contributed by atoms with Crippen LogP contribution in [-0.4, -0.2) is 56.7 Å². The topological polar surface area (TPSA) is 131 Å². The Hall–Kier alpha value is -5.10. The molecule has 13 heteroatoms. The second-order valence-corrected chi connectivity index (χ2v) is 9.36. The van der Waals surface area contributed by atoms with Crippen molar-refractivity contribution in [2.75, 3.05) is 24.3 Å². The average Bonchev–Trinajstić information content (AvgIpc) is 3.53. The lowest BCUT2D eigenvalue weighted by Crippen LogP contribution is -2.44. The molecule has 11 nitrogen and oxygen atoms in total. The molecule has 1 aliphatic heterocycles. The van der Waals surface area contributed by atoms with Gasteiger partial charge in [0.2, 0.25) is 5.91 Å². The van der Waals surface area contributed by atoms with Gasteiger partial charge in [-0.05, 0) is 70.4 Å². The summed E-state index contributed by atoms with van der Waals surface area (Å²) in [5.74, 6) is -1.68. The molecule has 0 fully saturated rings. The smallest absolute Gasteiger partial charge is 0.411 e. The van der Waals surface area contributed by atoms with E-state index in [1.807, 2.05) is 12.1 Å². The van der Waals surface area contributed by atoms with Crippen LogP contribution in [0.1, 0.15) is 22.7 Å². The summed E-state index contributed by atoms with van der Waals surface area (Å²) in [7, 11) is 1.26. The van der Waals surface area contributed by atoms with Gasteiger partial charge in [-0.25, -0.2) is 9.18 Å². The summed E-state index contributed by atoms with van der Waals surface area (Å²) < 4.78 is 20.9. The van der Waals surface area contributed by atoms with Gasteiger partial charge in [-0.3, -0.25) is 14.9 Å². The number of benzene rings is 3. The van der Waals surface area contributed by atoms with Gasteiger partial charge in [0.1, 0.15) is 12.4 Å². The van der Waals surface area contributed by atoms with Crippen LogP contribution in [0, 0.1) is 5.82 Å². The van der Waals surface area contributed by atoms with Crippen LogP contribution in [0.3, 0.4) is 0 Å². The summed E-state index contributed by atoms with van der Waals surface area (Å²) in [5.41, 5.74) is 2.87. The molecule has 3 aromatic carbocycles. The van der Waals surface area contributed by atoms with Crippen LogP contribution in [-0.2, 0) is 20.7 Å². The number of carbonyl (C=O) groups excluding carboxylic acids is 3. The van der Waals surface area contributed by atoms with Crippen LogP contribution >= 0.6 is 11.6 Å². The minimum absolute atomic E-state index is 0.0113. The number of nitrogens with one attached hydrogen (secondary N) is 2. The molecule has 1 aromatic heterocycles. The monoisotopic (exact) mass is 575 g/mol. The quantitative estimate of drug-likeness (QED) is 0.326. The van der Waals surface area contributed by atoms with E-state index in [1.165, 1.54) is 47.3 Å². The largest absolute Gasteiger partial charge is 0.453 e. The maximum absolute atomic E-state index is 15.0. The highest BCUT2D eigenvalue weighted by Gasteiger charge is 2.35. The molecule has 3 amide bonds. The van der Waals surface area contributed by atoms with Crippen LogP contribution in [0.2, 0.25) is 5.02 Å². The minimum Gasteiger partial charge on any atom is -0.453 e. The number of ether oxygens (including phenoxy) is 1. The summed E-state index contributed by atoms with van der Waals surface area (Å²) in [4.78, 5) is 40.0. The molecule has 0 spiro atoms. The zero-order valence-electron chi connectivity index (χ0n) is 21.6. The summed E-state index contributed by atoms with van der Waals surface area (Å²) in [6, 6.07) is 15.8. The molecule has 1 atom stereocenters. The fourth-order valence-corrected chi connectivity index (χ4v) is 4.70. The van der Waals surface area contributed by atoms with Crippen molar-refractivity contribution in [2.45, 2.75) is 12.5 Å². The number of halogens is 2. The van der Waals surface area contributed by atoms with Crippen molar-refractivity contribution in [1.29, 1.82) is 0 Å². The number of methoxy groups -OCH3 is 1. The van der Waals surface area contributed by atoms with E-state index in [2.05, 4.69) is 30.9 Å². The number of nitrogens with zero attached hydrogens (tertiary/aromatic N) is 5. The minimum atomic E-state index is -0.951. The predicted octanol–water partition coefficient (Wildman–Crippen LogP) is 4.41. The first-order valence-corrected chi connectivity index (χ1v) is 12.8. The van der Waals surface area contributed by atoms with Crippen LogP contribution < -0.4 is 10.6 Å². The van der Waals surface area contributed by atoms with Crippen molar-refractivity contribution in [3.63, 3.8) is 0 Å². The van der Waals surface area contributed by atoms with E-state index in [4.69, 9.17) is 11.6 Å². The van der Waals surface area contributed by atoms with E-state index in [-0.39, 0.29) is 22.8 Å². The fourth-order valence-electron chi connectivity index (χ4n) is 4.54. The van der Waals surface area contributed by atoms with Crippen molar-refractivity contribution in [3.05, 3.63) is 101 Å². The molecule has 0 bridgehead atoms. The van der Waals surface area contributed by atoms with Crippen LogP contribution in [0.4, 0.5) is 20.6 Å². The highest BCUT2D eigenvalue weighted by Crippen LogP contribution is 2.32. The molecule has 2 N–H and O–H groups in total. The van der Waals surface area contributed by atoms with Gasteiger partial charge < -0.3 is 15.0 Å². The molecule has 4 aromatic rings. The maximum Gasteiger partial charge on any atom is 0.411 e. The molecule has 0 saturated heterocycles. The van der Waals surface area contributed by atoms with E-state index in [9.17, 15) is 14.4 Å². The van der Waals surface area contributed by atoms with Crippen molar-refractivity contribution in [1.82, 2.24) is 25.1 Å². The Morgan fingerprint density at radius 2 is 1.78 bits per heavy atom. The number of anilines is 2. The van der Waals surface area contributed by atoms with E-state index in [0.29, 0.717) is 23.4 Å². The van der Waals surface area contributed by atoms with Gasteiger partial charge >= 0.3 is 6.09 Å². The summed E-state index contributed by atoms with van der Waals surface area (Å²) in [6.45, 7) is 0.262. The molecule has 0 saturated carbocycles. The second-order valence-electron chi connectivity index (χ2n) is 8.95. The van der Waals surface area contributed by atoms with E-state index in [1.54, 1.807) is 36.4 Å². The second kappa shape index (κ2) is 12.0. The van der Waals surface area contributed by atoms with Gasteiger partial charge in [-0.1, -0.05) is 35.9 Å². The predicted molar refractivity (Wildman–Crippen MR) is 149 cm³/mol. The van der Waals surface area contributed by atoms with Gasteiger partial charge in [-0.2, -0.15) is 4.68 Å². The Morgan fingerprint density at radius 3 is 2.49 bits per heavy atom. The molecular formula is C28H23ClFN7O4. The fraction of sp³-hybridized carbons (Fsp3) is 0.143. The number of hydrogen-bond acceptors (Lipinski definition) is 7. The molecule has 5 rings (SSSR count). The van der Waals surface area contributed by atoms with E-state index >= 15 is 4.39 Å². The van der Waals surface area contributed by atoms with Gasteiger partial charge in [0.15, 0.2) is 5.82 Å². The van der Waals surface area contributed by atoms with Crippen molar-refractivity contribution < 1.29 is 23.5 Å². The zero-order valence-corrected chi connectivity index (χ0v) is 22.4. The third-order valence-electron chi connectivity index (χ3n) is 6.50. The maximum atomic E-state index is 15.0. The summed E-state index contributed by atoms with van der Waals surface area (Å²) >= 11 is 6.01. The van der Waals surface area contributed by atoms with Gasteiger partial charge in [0.25, 0.3) is 5.91 Å². The Bertz CT molecular complexity index is 1630. The van der Waals surface area contributed by atoms with Gasteiger partial charge in [0, 0.05) is 29.6 Å². The third kappa shape index (κ3) is 5.92. The Labute approximate surface area is 238 Å². The van der Waals surface area contributed by atoms with Gasteiger partial charge in [-0.15, -0.1) is 5.10 Å². The molecule has 208 valence electrons. The van der Waals surface area contributed by atoms with Crippen LogP contribution in [0.15, 0.2) is 73.1 Å². The number of rotatable bonds is 6. The normalized spacial score (nSPS) is 14.4. The number of amides is 3. The standard InChI is InChI=1S/C28H23ClFN7O4/c1-41-28(40)33-19-8-6-18(7-9-19)32-27(39)26-20-5-3-2-4-17(20)14-15-36(26)24(38)13-10-21-23(37-16-31-34-35-37)12-11-22(29)25(21)30/h2-13,16,26H,14-15H2,1H3,(H,32,39)(H,33,40)/b13-10+. The average molecular weight is 576 g/mol. The lowest BCUT2D eigenvalue weighted by atomic mass is 9.91. The molecule has 0 aliphatic carbocycles. The van der Waals surface area contributed by atoms with E-state index < -0.39 is 29.8 Å². The lowest BCUT2D eigenvalue weighted by Gasteiger charge is -2.35. The highest BCUT2D eigenvalue weighted by molar-refractivity contribution is 6.31. The van der Waals surface area contributed by atoms with Crippen LogP contribution in [0.5, 0.6) is 0 Å². The number of aromatic nitrogens is 4.